The zero-order valence-electron chi connectivity index (χ0n) is 16.2. The molecule has 1 aliphatic heterocycles. The fourth-order valence-electron chi connectivity index (χ4n) is 3.01. The summed E-state index contributed by atoms with van der Waals surface area (Å²) in [6.45, 7) is 10.6. The van der Waals surface area contributed by atoms with Crippen molar-refractivity contribution in [3.63, 3.8) is 0 Å². The molecule has 0 spiro atoms. The van der Waals surface area contributed by atoms with Gasteiger partial charge in [-0.05, 0) is 51.5 Å². The third-order valence-corrected chi connectivity index (χ3v) is 4.48. The largest absolute Gasteiger partial charge is 0.367 e. The molecule has 4 heteroatoms. The van der Waals surface area contributed by atoms with Crippen molar-refractivity contribution in [2.75, 3.05) is 6.54 Å². The van der Waals surface area contributed by atoms with Crippen LogP contribution in [0, 0.1) is 11.3 Å². The van der Waals surface area contributed by atoms with E-state index in [4.69, 9.17) is 4.84 Å². The van der Waals surface area contributed by atoms with Crippen molar-refractivity contribution >= 4 is 11.8 Å². The average Bonchev–Trinajstić information content (AvgIpc) is 2.93. The third kappa shape index (κ3) is 5.67. The number of nitrogens with zero attached hydrogens (tertiary/aromatic N) is 1. The summed E-state index contributed by atoms with van der Waals surface area (Å²) in [6.07, 6.45) is 3.24. The van der Waals surface area contributed by atoms with Crippen LogP contribution in [-0.2, 0) is 16.1 Å². The van der Waals surface area contributed by atoms with Crippen molar-refractivity contribution in [2.45, 2.75) is 66.3 Å². The summed E-state index contributed by atoms with van der Waals surface area (Å²) in [7, 11) is 0. The molecule has 1 aliphatic rings. The van der Waals surface area contributed by atoms with E-state index in [-0.39, 0.29) is 17.8 Å². The number of benzene rings is 1. The van der Waals surface area contributed by atoms with Crippen LogP contribution in [0.1, 0.15) is 69.8 Å². The van der Waals surface area contributed by atoms with Crippen LogP contribution in [0.15, 0.2) is 24.3 Å². The second-order valence-corrected chi connectivity index (χ2v) is 8.49. The number of hydrogen-bond donors (Lipinski definition) is 0. The second-order valence-electron chi connectivity index (χ2n) is 8.49. The molecule has 0 radical (unpaired) electrons. The van der Waals surface area contributed by atoms with Crippen molar-refractivity contribution in [3.05, 3.63) is 35.4 Å². The van der Waals surface area contributed by atoms with Gasteiger partial charge in [0.2, 0.25) is 0 Å². The van der Waals surface area contributed by atoms with E-state index in [2.05, 4.69) is 13.8 Å². The monoisotopic (exact) mass is 345 g/mol. The fraction of sp³-hybridized carbons (Fsp3) is 0.619. The molecule has 0 N–H and O–H groups in total. The van der Waals surface area contributed by atoms with Gasteiger partial charge in [0.25, 0.3) is 0 Å². The van der Waals surface area contributed by atoms with Gasteiger partial charge in [-0.3, -0.25) is 4.79 Å². The molecule has 0 saturated carbocycles. The molecule has 25 heavy (non-hydrogen) atoms. The Morgan fingerprint density at radius 3 is 2.40 bits per heavy atom. The summed E-state index contributed by atoms with van der Waals surface area (Å²) >= 11 is 0. The Kier molecular flexibility index (Phi) is 6.39. The van der Waals surface area contributed by atoms with Crippen molar-refractivity contribution in [2.24, 2.45) is 11.3 Å². The topological polar surface area (TPSA) is 46.6 Å². The number of Topliss-reactive ketones (excluding diaryl/α,β-unsaturated/α-hetero) is 1. The number of hydrogen-bond acceptors (Lipinski definition) is 4. The van der Waals surface area contributed by atoms with Gasteiger partial charge in [-0.1, -0.05) is 38.1 Å². The lowest BCUT2D eigenvalue weighted by atomic mass is 9.97. The fourth-order valence-corrected chi connectivity index (χ4v) is 3.01. The highest BCUT2D eigenvalue weighted by Crippen LogP contribution is 2.25. The Balaban J connectivity index is 1.95. The van der Waals surface area contributed by atoms with Crippen LogP contribution in [0.25, 0.3) is 0 Å². The summed E-state index contributed by atoms with van der Waals surface area (Å²) in [5.41, 5.74) is 1.46. The molecule has 1 fully saturated rings. The van der Waals surface area contributed by atoms with Crippen LogP contribution in [0.3, 0.4) is 0 Å². The minimum atomic E-state index is -0.538. The Bertz CT molecular complexity index is 599. The molecule has 0 aliphatic carbocycles. The molecule has 1 unspecified atom stereocenters. The first kappa shape index (κ1) is 19.6. The van der Waals surface area contributed by atoms with Crippen molar-refractivity contribution < 1.29 is 14.4 Å². The zero-order chi connectivity index (χ0) is 18.6. The molecular formula is C21H31NO3. The lowest BCUT2D eigenvalue weighted by molar-refractivity contribution is -0.204. The first-order chi connectivity index (χ1) is 11.7. The van der Waals surface area contributed by atoms with E-state index in [1.54, 1.807) is 5.06 Å². The highest BCUT2D eigenvalue weighted by atomic mass is 16.7. The van der Waals surface area contributed by atoms with Gasteiger partial charge >= 0.3 is 5.97 Å². The number of carbonyl (C=O) groups is 2. The first-order valence-corrected chi connectivity index (χ1v) is 9.28. The number of ketones is 1. The maximum absolute atomic E-state index is 12.6. The van der Waals surface area contributed by atoms with Crippen LogP contribution in [0.5, 0.6) is 0 Å². The minimum absolute atomic E-state index is 0.0193. The van der Waals surface area contributed by atoms with E-state index in [0.717, 1.165) is 24.8 Å². The summed E-state index contributed by atoms with van der Waals surface area (Å²) in [5.74, 6) is 0.468. The molecule has 0 amide bonds. The van der Waals surface area contributed by atoms with Crippen LogP contribution in [-0.4, -0.2) is 29.4 Å². The maximum Gasteiger partial charge on any atom is 0.330 e. The Hall–Kier alpha value is -1.68. The van der Waals surface area contributed by atoms with Gasteiger partial charge in [-0.2, -0.15) is 0 Å². The van der Waals surface area contributed by atoms with Crippen molar-refractivity contribution in [3.8, 4) is 0 Å². The molecule has 2 rings (SSSR count). The van der Waals surface area contributed by atoms with Gasteiger partial charge in [0, 0.05) is 18.5 Å². The van der Waals surface area contributed by atoms with Gasteiger partial charge in [0.15, 0.2) is 5.78 Å². The Labute approximate surface area is 151 Å². The zero-order valence-corrected chi connectivity index (χ0v) is 16.2. The van der Waals surface area contributed by atoms with E-state index in [9.17, 15) is 9.59 Å². The van der Waals surface area contributed by atoms with E-state index in [0.29, 0.717) is 18.9 Å². The average molecular weight is 345 g/mol. The molecule has 138 valence electrons. The number of hydroxylamine groups is 2. The Morgan fingerprint density at radius 2 is 1.84 bits per heavy atom. The molecule has 1 atom stereocenters. The predicted molar refractivity (Wildman–Crippen MR) is 99.2 cm³/mol. The highest BCUT2D eigenvalue weighted by molar-refractivity contribution is 5.96. The Morgan fingerprint density at radius 1 is 1.20 bits per heavy atom. The van der Waals surface area contributed by atoms with Crippen LogP contribution in [0.2, 0.25) is 0 Å². The minimum Gasteiger partial charge on any atom is -0.367 e. The van der Waals surface area contributed by atoms with Crippen LogP contribution >= 0.6 is 0 Å². The lowest BCUT2D eigenvalue weighted by Gasteiger charge is -2.26. The van der Waals surface area contributed by atoms with Gasteiger partial charge in [0.05, 0.1) is 11.5 Å². The molecular weight excluding hydrogens is 314 g/mol. The second kappa shape index (κ2) is 8.13. The summed E-state index contributed by atoms with van der Waals surface area (Å²) < 4.78 is 0. The van der Waals surface area contributed by atoms with Crippen molar-refractivity contribution in [1.29, 1.82) is 0 Å². The van der Waals surface area contributed by atoms with Crippen LogP contribution in [0.4, 0.5) is 0 Å². The molecule has 1 aromatic carbocycles. The first-order valence-electron chi connectivity index (χ1n) is 9.28. The molecule has 4 nitrogen and oxygen atoms in total. The normalized spacial score (nSPS) is 18.6. The molecule has 0 aromatic heterocycles. The molecule has 0 bridgehead atoms. The number of carbonyl (C=O) groups excluding carboxylic acids is 2. The summed E-state index contributed by atoms with van der Waals surface area (Å²) in [5, 5.41) is 1.71. The smallest absolute Gasteiger partial charge is 0.330 e. The van der Waals surface area contributed by atoms with Gasteiger partial charge < -0.3 is 4.84 Å². The molecule has 1 heterocycles. The SMILES string of the molecule is CC(C)Cc1ccc(C(=O)CC2CCCN2OC(=O)C(C)(C)C)cc1. The lowest BCUT2D eigenvalue weighted by Crippen LogP contribution is -2.37. The van der Waals surface area contributed by atoms with E-state index >= 15 is 0 Å². The third-order valence-electron chi connectivity index (χ3n) is 4.48. The van der Waals surface area contributed by atoms with E-state index < -0.39 is 5.41 Å². The summed E-state index contributed by atoms with van der Waals surface area (Å²) in [6, 6.07) is 7.90. The van der Waals surface area contributed by atoms with E-state index in [1.165, 1.54) is 5.56 Å². The van der Waals surface area contributed by atoms with Gasteiger partial charge in [0.1, 0.15) is 0 Å². The predicted octanol–water partition coefficient (Wildman–Crippen LogP) is 4.43. The summed E-state index contributed by atoms with van der Waals surface area (Å²) in [4.78, 5) is 30.2. The molecule has 1 saturated heterocycles. The highest BCUT2D eigenvalue weighted by Gasteiger charge is 2.33. The van der Waals surface area contributed by atoms with Crippen molar-refractivity contribution in [1.82, 2.24) is 5.06 Å². The number of rotatable bonds is 6. The van der Waals surface area contributed by atoms with Crippen LogP contribution < -0.4 is 0 Å². The van der Waals surface area contributed by atoms with E-state index in [1.807, 2.05) is 45.0 Å². The maximum atomic E-state index is 12.6. The van der Waals surface area contributed by atoms with Gasteiger partial charge in [-0.25, -0.2) is 4.79 Å². The molecule has 1 aromatic rings. The quantitative estimate of drug-likeness (QED) is 0.716. The standard InChI is InChI=1S/C21H31NO3/c1-15(2)13-16-8-10-17(11-9-16)19(23)14-18-7-6-12-22(18)25-20(24)21(3,4)5/h8-11,15,18H,6-7,12-14H2,1-5H3. The van der Waals surface area contributed by atoms with Gasteiger partial charge in [-0.15, -0.1) is 5.06 Å².